The van der Waals surface area contributed by atoms with Crippen molar-refractivity contribution in [1.82, 2.24) is 4.90 Å². The van der Waals surface area contributed by atoms with Crippen LogP contribution in [0.2, 0.25) is 0 Å². The number of piperazine rings is 1. The first-order chi connectivity index (χ1) is 12.7. The number of phenolic OH excluding ortho intramolecular Hbond substituents is 1. The van der Waals surface area contributed by atoms with Crippen molar-refractivity contribution in [2.45, 2.75) is 0 Å². The Labute approximate surface area is 151 Å². The van der Waals surface area contributed by atoms with Gasteiger partial charge in [-0.1, -0.05) is 6.07 Å². The van der Waals surface area contributed by atoms with Gasteiger partial charge in [0.2, 0.25) is 12.7 Å². The number of anilines is 1. The van der Waals surface area contributed by atoms with E-state index >= 15 is 0 Å². The van der Waals surface area contributed by atoms with Crippen LogP contribution in [-0.4, -0.2) is 48.9 Å². The van der Waals surface area contributed by atoms with E-state index in [9.17, 15) is 9.90 Å². The Morgan fingerprint density at radius 3 is 2.46 bits per heavy atom. The maximum absolute atomic E-state index is 12.4. The molecule has 2 aromatic rings. The molecule has 0 radical (unpaired) electrons. The summed E-state index contributed by atoms with van der Waals surface area (Å²) < 4.78 is 10.6. The summed E-state index contributed by atoms with van der Waals surface area (Å²) in [6.45, 7) is 3.13. The number of amides is 1. The summed E-state index contributed by atoms with van der Waals surface area (Å²) in [6.07, 6.45) is 3.41. The zero-order valence-electron chi connectivity index (χ0n) is 14.3. The highest BCUT2D eigenvalue weighted by Gasteiger charge is 2.20. The molecule has 0 saturated carbocycles. The van der Waals surface area contributed by atoms with Gasteiger partial charge in [0, 0.05) is 37.9 Å². The molecule has 2 aliphatic rings. The van der Waals surface area contributed by atoms with Gasteiger partial charge >= 0.3 is 0 Å². The van der Waals surface area contributed by atoms with E-state index in [0.29, 0.717) is 18.8 Å². The van der Waals surface area contributed by atoms with E-state index in [0.717, 1.165) is 30.1 Å². The number of ether oxygens (including phenoxy) is 2. The number of aromatic hydroxyl groups is 1. The lowest BCUT2D eigenvalue weighted by Crippen LogP contribution is -2.48. The fourth-order valence-corrected chi connectivity index (χ4v) is 3.14. The van der Waals surface area contributed by atoms with Crippen molar-refractivity contribution in [3.8, 4) is 17.2 Å². The van der Waals surface area contributed by atoms with Gasteiger partial charge in [0.05, 0.1) is 0 Å². The summed E-state index contributed by atoms with van der Waals surface area (Å²) in [7, 11) is 0. The van der Waals surface area contributed by atoms with Crippen molar-refractivity contribution < 1.29 is 19.4 Å². The Morgan fingerprint density at radius 2 is 1.69 bits per heavy atom. The van der Waals surface area contributed by atoms with Gasteiger partial charge in [-0.05, 0) is 48.0 Å². The molecule has 2 aliphatic heterocycles. The van der Waals surface area contributed by atoms with E-state index < -0.39 is 0 Å². The van der Waals surface area contributed by atoms with Crippen LogP contribution in [0.1, 0.15) is 5.56 Å². The summed E-state index contributed by atoms with van der Waals surface area (Å²) in [4.78, 5) is 16.5. The molecular formula is C20H20N2O4. The molecule has 0 spiro atoms. The van der Waals surface area contributed by atoms with E-state index in [1.165, 1.54) is 0 Å². The summed E-state index contributed by atoms with van der Waals surface area (Å²) in [5.74, 6) is 1.71. The predicted molar refractivity (Wildman–Crippen MR) is 98.5 cm³/mol. The number of phenols is 1. The molecule has 6 heteroatoms. The monoisotopic (exact) mass is 352 g/mol. The molecule has 0 bridgehead atoms. The van der Waals surface area contributed by atoms with Gasteiger partial charge in [0.25, 0.3) is 0 Å². The number of benzene rings is 2. The Hall–Kier alpha value is -3.15. The van der Waals surface area contributed by atoms with E-state index in [1.54, 1.807) is 24.3 Å². The molecular weight excluding hydrogens is 332 g/mol. The lowest BCUT2D eigenvalue weighted by molar-refractivity contribution is -0.126. The zero-order chi connectivity index (χ0) is 17.9. The van der Waals surface area contributed by atoms with Crippen LogP contribution in [0, 0.1) is 0 Å². The second kappa shape index (κ2) is 7.00. The fourth-order valence-electron chi connectivity index (χ4n) is 3.14. The van der Waals surface area contributed by atoms with Gasteiger partial charge < -0.3 is 24.4 Å². The maximum Gasteiger partial charge on any atom is 0.246 e. The minimum atomic E-state index is 0.00743. The van der Waals surface area contributed by atoms with Crippen LogP contribution in [0.5, 0.6) is 17.2 Å². The van der Waals surface area contributed by atoms with Gasteiger partial charge in [-0.15, -0.1) is 0 Å². The molecule has 1 fully saturated rings. The number of hydrogen-bond acceptors (Lipinski definition) is 5. The fraction of sp³-hybridized carbons (Fsp3) is 0.250. The molecule has 0 aliphatic carbocycles. The van der Waals surface area contributed by atoms with Crippen LogP contribution in [-0.2, 0) is 4.79 Å². The third kappa shape index (κ3) is 3.44. The van der Waals surface area contributed by atoms with Crippen molar-refractivity contribution in [1.29, 1.82) is 0 Å². The summed E-state index contributed by atoms with van der Waals surface area (Å²) >= 11 is 0. The van der Waals surface area contributed by atoms with Crippen LogP contribution in [0.25, 0.3) is 6.08 Å². The Morgan fingerprint density at radius 1 is 0.962 bits per heavy atom. The molecule has 2 aromatic carbocycles. The third-order valence-electron chi connectivity index (χ3n) is 4.62. The molecule has 1 amide bonds. The molecule has 6 nitrogen and oxygen atoms in total. The minimum absolute atomic E-state index is 0.00743. The highest BCUT2D eigenvalue weighted by atomic mass is 16.7. The second-order valence-corrected chi connectivity index (χ2v) is 6.27. The van der Waals surface area contributed by atoms with Crippen LogP contribution in [0.3, 0.4) is 0 Å². The number of nitrogens with zero attached hydrogens (tertiary/aromatic N) is 2. The topological polar surface area (TPSA) is 62.2 Å². The number of rotatable bonds is 3. The Bertz CT molecular complexity index is 824. The lowest BCUT2D eigenvalue weighted by atomic mass is 10.2. The van der Waals surface area contributed by atoms with Crippen molar-refractivity contribution in [3.63, 3.8) is 0 Å². The predicted octanol–water partition coefficient (Wildman–Crippen LogP) is 2.48. The second-order valence-electron chi connectivity index (χ2n) is 6.27. The normalized spacial score (nSPS) is 16.3. The van der Waals surface area contributed by atoms with Crippen LogP contribution in [0.4, 0.5) is 5.69 Å². The SMILES string of the molecule is O=C(/C=C/c1ccc2c(c1)OCO2)N1CCN(c2ccc(O)cc2)CC1. The van der Waals surface area contributed by atoms with E-state index in [1.807, 2.05) is 35.2 Å². The first-order valence-electron chi connectivity index (χ1n) is 8.60. The minimum Gasteiger partial charge on any atom is -0.508 e. The Balaban J connectivity index is 1.34. The van der Waals surface area contributed by atoms with Crippen LogP contribution >= 0.6 is 0 Å². The summed E-state index contributed by atoms with van der Waals surface area (Å²) in [5, 5.41) is 9.38. The highest BCUT2D eigenvalue weighted by Crippen LogP contribution is 2.32. The number of fused-ring (bicyclic) bond motifs is 1. The quantitative estimate of drug-likeness (QED) is 0.860. The molecule has 26 heavy (non-hydrogen) atoms. The first kappa shape index (κ1) is 16.3. The van der Waals surface area contributed by atoms with Gasteiger partial charge in [0.1, 0.15) is 5.75 Å². The standard InChI is InChI=1S/C20H20N2O4/c23-17-5-3-16(4-6-17)21-9-11-22(12-10-21)20(24)8-2-15-1-7-18-19(13-15)26-14-25-18/h1-8,13,23H,9-12,14H2/b8-2+. The van der Waals surface area contributed by atoms with Crippen molar-refractivity contribution in [2.75, 3.05) is 37.9 Å². The molecule has 1 saturated heterocycles. The molecule has 1 N–H and O–H groups in total. The average Bonchev–Trinajstić information content (AvgIpc) is 3.15. The molecule has 0 aromatic heterocycles. The molecule has 134 valence electrons. The van der Waals surface area contributed by atoms with Gasteiger partial charge in [-0.2, -0.15) is 0 Å². The molecule has 4 rings (SSSR count). The number of hydrogen-bond donors (Lipinski definition) is 1. The van der Waals surface area contributed by atoms with Gasteiger partial charge in [0.15, 0.2) is 11.5 Å². The third-order valence-corrected chi connectivity index (χ3v) is 4.62. The largest absolute Gasteiger partial charge is 0.508 e. The van der Waals surface area contributed by atoms with Crippen LogP contribution in [0.15, 0.2) is 48.5 Å². The van der Waals surface area contributed by atoms with Gasteiger partial charge in [-0.3, -0.25) is 4.79 Å². The zero-order valence-corrected chi connectivity index (χ0v) is 14.3. The molecule has 2 heterocycles. The van der Waals surface area contributed by atoms with Crippen molar-refractivity contribution in [3.05, 3.63) is 54.1 Å². The molecule has 0 atom stereocenters. The van der Waals surface area contributed by atoms with Gasteiger partial charge in [-0.25, -0.2) is 0 Å². The van der Waals surface area contributed by atoms with E-state index in [-0.39, 0.29) is 18.4 Å². The molecule has 0 unspecified atom stereocenters. The van der Waals surface area contributed by atoms with Crippen molar-refractivity contribution >= 4 is 17.7 Å². The highest BCUT2D eigenvalue weighted by molar-refractivity contribution is 5.92. The lowest BCUT2D eigenvalue weighted by Gasteiger charge is -2.35. The van der Waals surface area contributed by atoms with Crippen molar-refractivity contribution in [2.24, 2.45) is 0 Å². The smallest absolute Gasteiger partial charge is 0.246 e. The first-order valence-corrected chi connectivity index (χ1v) is 8.60. The average molecular weight is 352 g/mol. The summed E-state index contributed by atoms with van der Waals surface area (Å²) in [5.41, 5.74) is 1.97. The number of carbonyl (C=O) groups is 1. The van der Waals surface area contributed by atoms with E-state index in [2.05, 4.69) is 4.90 Å². The van der Waals surface area contributed by atoms with E-state index in [4.69, 9.17) is 9.47 Å². The summed E-state index contributed by atoms with van der Waals surface area (Å²) in [6, 6.07) is 12.8. The van der Waals surface area contributed by atoms with Crippen LogP contribution < -0.4 is 14.4 Å². The number of carbonyl (C=O) groups excluding carboxylic acids is 1. The Kier molecular flexibility index (Phi) is 4.39. The maximum atomic E-state index is 12.4.